The molecule has 2 unspecified atom stereocenters. The molecule has 5 heteroatoms. The Morgan fingerprint density at radius 1 is 1.07 bits per heavy atom. The molecule has 1 amide bonds. The molecule has 5 rings (SSSR count). The van der Waals surface area contributed by atoms with Crippen molar-refractivity contribution in [1.82, 2.24) is 14.5 Å². The average Bonchev–Trinajstić information content (AvgIpc) is 3.18. The molecule has 138 valence electrons. The second-order valence-electron chi connectivity index (χ2n) is 7.88. The monoisotopic (exact) mass is 363 g/mol. The first kappa shape index (κ1) is 16.5. The van der Waals surface area contributed by atoms with Crippen LogP contribution in [-0.2, 0) is 7.05 Å². The first-order valence-corrected chi connectivity index (χ1v) is 9.59. The molecular weight excluding hydrogens is 341 g/mol. The van der Waals surface area contributed by atoms with Gasteiger partial charge in [-0.05, 0) is 67.5 Å². The van der Waals surface area contributed by atoms with Crippen molar-refractivity contribution in [2.45, 2.75) is 43.7 Å². The minimum Gasteiger partial charge on any atom is -0.334 e. The second-order valence-corrected chi connectivity index (χ2v) is 7.88. The SMILES string of the molecule is Cn1cnc2cc(C(=O)N3C4CCC3CC(c3ccc(F)cc3)C4)ccc21. The number of carbonyl (C=O) groups is 1. The van der Waals surface area contributed by atoms with Gasteiger partial charge >= 0.3 is 0 Å². The van der Waals surface area contributed by atoms with E-state index in [4.69, 9.17) is 0 Å². The highest BCUT2D eigenvalue weighted by Gasteiger charge is 2.43. The zero-order chi connectivity index (χ0) is 18.5. The third-order valence-corrected chi connectivity index (χ3v) is 6.28. The Balaban J connectivity index is 1.39. The van der Waals surface area contributed by atoms with Crippen LogP contribution in [0.2, 0.25) is 0 Å². The number of hydrogen-bond donors (Lipinski definition) is 0. The third-order valence-electron chi connectivity index (χ3n) is 6.28. The number of fused-ring (bicyclic) bond motifs is 3. The Hall–Kier alpha value is -2.69. The lowest BCUT2D eigenvalue weighted by Crippen LogP contribution is -2.46. The molecule has 0 radical (unpaired) electrons. The molecule has 0 N–H and O–H groups in total. The Morgan fingerprint density at radius 2 is 1.78 bits per heavy atom. The van der Waals surface area contributed by atoms with Gasteiger partial charge in [-0.3, -0.25) is 4.79 Å². The zero-order valence-corrected chi connectivity index (χ0v) is 15.3. The summed E-state index contributed by atoms with van der Waals surface area (Å²) in [6.07, 6.45) is 5.80. The van der Waals surface area contributed by atoms with Crippen molar-refractivity contribution in [3.05, 3.63) is 65.7 Å². The largest absolute Gasteiger partial charge is 0.334 e. The summed E-state index contributed by atoms with van der Waals surface area (Å²) in [5.41, 5.74) is 3.80. The highest BCUT2D eigenvalue weighted by molar-refractivity contribution is 5.98. The predicted octanol–water partition coefficient (Wildman–Crippen LogP) is 4.26. The van der Waals surface area contributed by atoms with E-state index in [1.165, 1.54) is 17.7 Å². The molecular formula is C22H22FN3O. The van der Waals surface area contributed by atoms with Gasteiger partial charge in [0, 0.05) is 24.7 Å². The summed E-state index contributed by atoms with van der Waals surface area (Å²) >= 11 is 0. The minimum absolute atomic E-state index is 0.118. The van der Waals surface area contributed by atoms with E-state index >= 15 is 0 Å². The number of carbonyl (C=O) groups excluding carboxylic acids is 1. The molecule has 2 aromatic carbocycles. The van der Waals surface area contributed by atoms with Gasteiger partial charge in [0.15, 0.2) is 0 Å². The highest BCUT2D eigenvalue weighted by atomic mass is 19.1. The molecule has 2 bridgehead atoms. The molecule has 2 fully saturated rings. The molecule has 3 aromatic rings. The fraction of sp³-hybridized carbons (Fsp3) is 0.364. The standard InChI is InChI=1S/C22H22FN3O/c1-25-13-24-20-12-15(4-9-21(20)25)22(27)26-18-7-8-19(26)11-16(10-18)14-2-5-17(23)6-3-14/h2-6,9,12-13,16,18-19H,7-8,10-11H2,1H3. The van der Waals surface area contributed by atoms with Gasteiger partial charge < -0.3 is 9.47 Å². The maximum Gasteiger partial charge on any atom is 0.254 e. The topological polar surface area (TPSA) is 38.1 Å². The number of rotatable bonds is 2. The minimum atomic E-state index is -0.195. The molecule has 2 saturated heterocycles. The molecule has 27 heavy (non-hydrogen) atoms. The number of benzene rings is 2. The quantitative estimate of drug-likeness (QED) is 0.682. The molecule has 0 aliphatic carbocycles. The molecule has 1 aromatic heterocycles. The van der Waals surface area contributed by atoms with Crippen molar-refractivity contribution in [3.63, 3.8) is 0 Å². The van der Waals surface area contributed by atoms with Crippen LogP contribution in [0, 0.1) is 5.82 Å². The summed E-state index contributed by atoms with van der Waals surface area (Å²) in [5, 5.41) is 0. The van der Waals surface area contributed by atoms with Gasteiger partial charge in [0.2, 0.25) is 0 Å². The van der Waals surface area contributed by atoms with Crippen LogP contribution in [0.3, 0.4) is 0 Å². The lowest BCUT2D eigenvalue weighted by molar-refractivity contribution is 0.0571. The van der Waals surface area contributed by atoms with E-state index in [1.807, 2.05) is 41.9 Å². The normalized spacial score (nSPS) is 24.5. The first-order chi connectivity index (χ1) is 13.1. The van der Waals surface area contributed by atoms with E-state index in [9.17, 15) is 9.18 Å². The maximum atomic E-state index is 13.2. The van der Waals surface area contributed by atoms with E-state index in [1.54, 1.807) is 6.33 Å². The summed E-state index contributed by atoms with van der Waals surface area (Å²) in [6, 6.07) is 13.2. The summed E-state index contributed by atoms with van der Waals surface area (Å²) in [6.45, 7) is 0. The number of nitrogens with zero attached hydrogens (tertiary/aromatic N) is 3. The number of aryl methyl sites for hydroxylation is 1. The Morgan fingerprint density at radius 3 is 2.48 bits per heavy atom. The van der Waals surface area contributed by atoms with Crippen molar-refractivity contribution in [2.75, 3.05) is 0 Å². The second kappa shape index (κ2) is 6.19. The number of hydrogen-bond acceptors (Lipinski definition) is 2. The smallest absolute Gasteiger partial charge is 0.254 e. The highest BCUT2D eigenvalue weighted by Crippen LogP contribution is 2.43. The van der Waals surface area contributed by atoms with Crippen LogP contribution in [-0.4, -0.2) is 32.4 Å². The molecule has 2 atom stereocenters. The zero-order valence-electron chi connectivity index (χ0n) is 15.3. The summed E-state index contributed by atoms with van der Waals surface area (Å²) in [4.78, 5) is 19.7. The Bertz CT molecular complexity index is 996. The van der Waals surface area contributed by atoms with Crippen LogP contribution < -0.4 is 0 Å². The van der Waals surface area contributed by atoms with Gasteiger partial charge in [-0.1, -0.05) is 12.1 Å². The Labute approximate surface area is 157 Å². The number of imidazole rings is 1. The van der Waals surface area contributed by atoms with Crippen LogP contribution >= 0.6 is 0 Å². The van der Waals surface area contributed by atoms with Crippen molar-refractivity contribution >= 4 is 16.9 Å². The fourth-order valence-electron chi connectivity index (χ4n) is 4.93. The number of aromatic nitrogens is 2. The third kappa shape index (κ3) is 2.73. The van der Waals surface area contributed by atoms with Crippen LogP contribution in [0.1, 0.15) is 47.5 Å². The van der Waals surface area contributed by atoms with Gasteiger partial charge in [0.05, 0.1) is 17.4 Å². The van der Waals surface area contributed by atoms with E-state index in [2.05, 4.69) is 9.88 Å². The maximum absolute atomic E-state index is 13.2. The van der Waals surface area contributed by atoms with Gasteiger partial charge in [-0.2, -0.15) is 0 Å². The molecule has 3 heterocycles. The number of piperidine rings is 1. The predicted molar refractivity (Wildman–Crippen MR) is 102 cm³/mol. The number of amides is 1. The van der Waals surface area contributed by atoms with Crippen molar-refractivity contribution in [2.24, 2.45) is 7.05 Å². The van der Waals surface area contributed by atoms with Crippen molar-refractivity contribution in [1.29, 1.82) is 0 Å². The summed E-state index contributed by atoms with van der Waals surface area (Å²) in [7, 11) is 1.96. The van der Waals surface area contributed by atoms with Crippen LogP contribution in [0.4, 0.5) is 4.39 Å². The molecule has 4 nitrogen and oxygen atoms in total. The van der Waals surface area contributed by atoms with Crippen LogP contribution in [0.25, 0.3) is 11.0 Å². The van der Waals surface area contributed by atoms with Gasteiger partial charge in [-0.15, -0.1) is 0 Å². The summed E-state index contributed by atoms with van der Waals surface area (Å²) < 4.78 is 15.2. The number of halogens is 1. The molecule has 0 saturated carbocycles. The van der Waals surface area contributed by atoms with Crippen molar-refractivity contribution in [3.8, 4) is 0 Å². The Kier molecular flexibility index (Phi) is 3.78. The van der Waals surface area contributed by atoms with Crippen LogP contribution in [0.5, 0.6) is 0 Å². The van der Waals surface area contributed by atoms with Gasteiger partial charge in [0.1, 0.15) is 5.82 Å². The van der Waals surface area contributed by atoms with E-state index < -0.39 is 0 Å². The van der Waals surface area contributed by atoms with E-state index in [-0.39, 0.29) is 23.8 Å². The van der Waals surface area contributed by atoms with E-state index in [0.717, 1.165) is 42.3 Å². The van der Waals surface area contributed by atoms with E-state index in [0.29, 0.717) is 5.92 Å². The van der Waals surface area contributed by atoms with Gasteiger partial charge in [0.25, 0.3) is 5.91 Å². The summed E-state index contributed by atoms with van der Waals surface area (Å²) in [5.74, 6) is 0.331. The fourth-order valence-corrected chi connectivity index (χ4v) is 4.93. The average molecular weight is 363 g/mol. The van der Waals surface area contributed by atoms with Crippen molar-refractivity contribution < 1.29 is 9.18 Å². The molecule has 2 aliphatic heterocycles. The molecule has 0 spiro atoms. The lowest BCUT2D eigenvalue weighted by Gasteiger charge is -2.39. The lowest BCUT2D eigenvalue weighted by atomic mass is 9.85. The van der Waals surface area contributed by atoms with Gasteiger partial charge in [-0.25, -0.2) is 9.37 Å². The van der Waals surface area contributed by atoms with Crippen LogP contribution in [0.15, 0.2) is 48.8 Å². The first-order valence-electron chi connectivity index (χ1n) is 9.59. The molecule has 2 aliphatic rings.